The highest BCUT2D eigenvalue weighted by Gasteiger charge is 2.25. The summed E-state index contributed by atoms with van der Waals surface area (Å²) in [5.74, 6) is 0.163. The molecule has 1 aromatic carbocycles. The van der Waals surface area contributed by atoms with Crippen LogP contribution in [-0.4, -0.2) is 59.5 Å². The predicted octanol–water partition coefficient (Wildman–Crippen LogP) is 2.59. The third kappa shape index (κ3) is 4.00. The highest BCUT2D eigenvalue weighted by molar-refractivity contribution is 6.32. The van der Waals surface area contributed by atoms with Crippen molar-refractivity contribution >= 4 is 28.4 Å². The fourth-order valence-corrected chi connectivity index (χ4v) is 3.75. The molecule has 4 rings (SSSR count). The topological polar surface area (TPSA) is 48.5 Å². The second-order valence-electron chi connectivity index (χ2n) is 7.41. The van der Waals surface area contributed by atoms with Gasteiger partial charge in [0.05, 0.1) is 22.8 Å². The molecule has 1 aliphatic carbocycles. The van der Waals surface area contributed by atoms with Crippen LogP contribution < -0.4 is 5.32 Å². The van der Waals surface area contributed by atoms with Crippen LogP contribution in [0.3, 0.4) is 0 Å². The number of carbonyl (C=O) groups excluding carboxylic acids is 1. The van der Waals surface area contributed by atoms with Crippen molar-refractivity contribution in [3.8, 4) is 0 Å². The summed E-state index contributed by atoms with van der Waals surface area (Å²) >= 11 is 6.59. The molecule has 2 aliphatic rings. The molecule has 2 heterocycles. The minimum Gasteiger partial charge on any atom is -0.352 e. The molecule has 1 N–H and O–H groups in total. The number of nitrogens with one attached hydrogen (secondary N) is 1. The van der Waals surface area contributed by atoms with Gasteiger partial charge in [0.25, 0.3) is 0 Å². The van der Waals surface area contributed by atoms with Gasteiger partial charge in [-0.15, -0.1) is 0 Å². The van der Waals surface area contributed by atoms with Gasteiger partial charge in [-0.25, -0.2) is 4.98 Å². The van der Waals surface area contributed by atoms with Gasteiger partial charge in [0.1, 0.15) is 0 Å². The Labute approximate surface area is 159 Å². The van der Waals surface area contributed by atoms with Crippen LogP contribution >= 0.6 is 11.6 Å². The van der Waals surface area contributed by atoms with Crippen molar-refractivity contribution in [3.63, 3.8) is 0 Å². The van der Waals surface area contributed by atoms with Crippen molar-refractivity contribution < 1.29 is 4.79 Å². The second kappa shape index (κ2) is 7.51. The Hall–Kier alpha value is -1.69. The Morgan fingerprint density at radius 3 is 2.62 bits per heavy atom. The van der Waals surface area contributed by atoms with Gasteiger partial charge in [-0.2, -0.15) is 0 Å². The lowest BCUT2D eigenvalue weighted by Crippen LogP contribution is -2.49. The molecule has 26 heavy (non-hydrogen) atoms. The van der Waals surface area contributed by atoms with E-state index in [0.29, 0.717) is 12.6 Å². The number of amides is 1. The largest absolute Gasteiger partial charge is 0.352 e. The molecule has 0 atom stereocenters. The molecule has 5 nitrogen and oxygen atoms in total. The van der Waals surface area contributed by atoms with E-state index >= 15 is 0 Å². The SMILES string of the molecule is Cc1c(Cl)c(CN2CCN(CC(=O)NC3CC3)CC2)nc2ccccc12. The van der Waals surface area contributed by atoms with Crippen molar-refractivity contribution in [1.29, 1.82) is 0 Å². The zero-order valence-electron chi connectivity index (χ0n) is 15.2. The zero-order chi connectivity index (χ0) is 18.1. The van der Waals surface area contributed by atoms with Gasteiger partial charge in [0, 0.05) is 44.2 Å². The standard InChI is InChI=1S/C20H25ClN4O/c1-14-16-4-2-3-5-17(16)23-18(20(14)21)12-24-8-10-25(11-9-24)13-19(26)22-15-6-7-15/h2-5,15H,6-13H2,1H3,(H,22,26). The lowest BCUT2D eigenvalue weighted by molar-refractivity contribution is -0.122. The number of hydrogen-bond acceptors (Lipinski definition) is 4. The quantitative estimate of drug-likeness (QED) is 0.876. The molecule has 0 radical (unpaired) electrons. The molecule has 1 aliphatic heterocycles. The molecular weight excluding hydrogens is 348 g/mol. The molecule has 2 aromatic rings. The summed E-state index contributed by atoms with van der Waals surface area (Å²) in [7, 11) is 0. The lowest BCUT2D eigenvalue weighted by Gasteiger charge is -2.34. The summed E-state index contributed by atoms with van der Waals surface area (Å²) in [5, 5.41) is 4.95. The minimum absolute atomic E-state index is 0.163. The summed E-state index contributed by atoms with van der Waals surface area (Å²) in [6.45, 7) is 7.00. The number of nitrogens with zero attached hydrogens (tertiary/aromatic N) is 3. The summed E-state index contributed by atoms with van der Waals surface area (Å²) in [6, 6.07) is 8.58. The number of halogens is 1. The number of benzene rings is 1. The zero-order valence-corrected chi connectivity index (χ0v) is 15.9. The van der Waals surface area contributed by atoms with Gasteiger partial charge in [-0.05, 0) is 31.4 Å². The van der Waals surface area contributed by atoms with E-state index < -0.39 is 0 Å². The predicted molar refractivity (Wildman–Crippen MR) is 104 cm³/mol. The van der Waals surface area contributed by atoms with Crippen molar-refractivity contribution in [2.45, 2.75) is 32.4 Å². The van der Waals surface area contributed by atoms with E-state index in [4.69, 9.17) is 16.6 Å². The van der Waals surface area contributed by atoms with Gasteiger partial charge in [0.15, 0.2) is 0 Å². The van der Waals surface area contributed by atoms with E-state index in [2.05, 4.69) is 28.1 Å². The number of rotatable bonds is 5. The highest BCUT2D eigenvalue weighted by atomic mass is 35.5. The average Bonchev–Trinajstić information content (AvgIpc) is 3.45. The molecule has 1 aromatic heterocycles. The van der Waals surface area contributed by atoms with Crippen molar-refractivity contribution in [2.75, 3.05) is 32.7 Å². The highest BCUT2D eigenvalue weighted by Crippen LogP contribution is 2.27. The maximum absolute atomic E-state index is 11.9. The number of aromatic nitrogens is 1. The summed E-state index contributed by atoms with van der Waals surface area (Å²) in [5.41, 5.74) is 3.05. The number of fused-ring (bicyclic) bond motifs is 1. The van der Waals surface area contributed by atoms with Gasteiger partial charge < -0.3 is 5.32 Å². The van der Waals surface area contributed by atoms with Crippen LogP contribution in [0.4, 0.5) is 0 Å². The first-order valence-corrected chi connectivity index (χ1v) is 9.76. The number of pyridine rings is 1. The van der Waals surface area contributed by atoms with Crippen molar-refractivity contribution in [1.82, 2.24) is 20.1 Å². The normalized spacial score (nSPS) is 19.0. The second-order valence-corrected chi connectivity index (χ2v) is 7.79. The molecule has 1 saturated carbocycles. The fourth-order valence-electron chi connectivity index (χ4n) is 3.54. The maximum Gasteiger partial charge on any atom is 0.234 e. The third-order valence-electron chi connectivity index (χ3n) is 5.29. The number of hydrogen-bond donors (Lipinski definition) is 1. The Bertz CT molecular complexity index is 813. The van der Waals surface area contributed by atoms with Gasteiger partial charge in [-0.1, -0.05) is 29.8 Å². The first kappa shape index (κ1) is 17.7. The lowest BCUT2D eigenvalue weighted by atomic mass is 10.1. The van der Waals surface area contributed by atoms with Gasteiger partial charge in [-0.3, -0.25) is 14.6 Å². The van der Waals surface area contributed by atoms with Gasteiger partial charge in [0.2, 0.25) is 5.91 Å². The number of para-hydroxylation sites is 1. The molecule has 0 spiro atoms. The third-order valence-corrected chi connectivity index (χ3v) is 5.80. The van der Waals surface area contributed by atoms with Crippen LogP contribution in [-0.2, 0) is 11.3 Å². The van der Waals surface area contributed by atoms with E-state index in [9.17, 15) is 4.79 Å². The summed E-state index contributed by atoms with van der Waals surface area (Å²) < 4.78 is 0. The summed E-state index contributed by atoms with van der Waals surface area (Å²) in [6.07, 6.45) is 2.27. The van der Waals surface area contributed by atoms with E-state index in [1.165, 1.54) is 0 Å². The molecule has 0 unspecified atom stereocenters. The first-order chi connectivity index (χ1) is 12.6. The summed E-state index contributed by atoms with van der Waals surface area (Å²) in [4.78, 5) is 21.3. The Kier molecular flexibility index (Phi) is 5.11. The monoisotopic (exact) mass is 372 g/mol. The maximum atomic E-state index is 11.9. The molecule has 1 saturated heterocycles. The van der Waals surface area contributed by atoms with E-state index in [0.717, 1.165) is 72.7 Å². The van der Waals surface area contributed by atoms with Crippen LogP contribution in [0, 0.1) is 6.92 Å². The molecule has 6 heteroatoms. The molecule has 1 amide bonds. The van der Waals surface area contributed by atoms with Crippen LogP contribution in [0.25, 0.3) is 10.9 Å². The number of carbonyl (C=O) groups is 1. The first-order valence-electron chi connectivity index (χ1n) is 9.38. The Morgan fingerprint density at radius 1 is 1.19 bits per heavy atom. The molecule has 138 valence electrons. The Morgan fingerprint density at radius 2 is 1.88 bits per heavy atom. The van der Waals surface area contributed by atoms with Crippen LogP contribution in [0.15, 0.2) is 24.3 Å². The fraction of sp³-hybridized carbons (Fsp3) is 0.500. The van der Waals surface area contributed by atoms with Crippen LogP contribution in [0.2, 0.25) is 5.02 Å². The van der Waals surface area contributed by atoms with E-state index in [1.54, 1.807) is 0 Å². The number of piperazine rings is 1. The van der Waals surface area contributed by atoms with E-state index in [1.807, 2.05) is 18.2 Å². The van der Waals surface area contributed by atoms with Crippen molar-refractivity contribution in [3.05, 3.63) is 40.5 Å². The average molecular weight is 373 g/mol. The van der Waals surface area contributed by atoms with Crippen LogP contribution in [0.5, 0.6) is 0 Å². The van der Waals surface area contributed by atoms with Gasteiger partial charge >= 0.3 is 0 Å². The molecule has 2 fully saturated rings. The molecular formula is C20H25ClN4O. The molecule has 0 bridgehead atoms. The van der Waals surface area contributed by atoms with Crippen molar-refractivity contribution in [2.24, 2.45) is 0 Å². The Balaban J connectivity index is 1.36. The minimum atomic E-state index is 0.163. The number of aryl methyl sites for hydroxylation is 1. The smallest absolute Gasteiger partial charge is 0.234 e. The van der Waals surface area contributed by atoms with E-state index in [-0.39, 0.29) is 5.91 Å². The van der Waals surface area contributed by atoms with Crippen LogP contribution in [0.1, 0.15) is 24.1 Å².